The first-order valence-electron chi connectivity index (χ1n) is 8.33. The van der Waals surface area contributed by atoms with Crippen LogP contribution < -0.4 is 5.56 Å². The quantitative estimate of drug-likeness (QED) is 0.362. The lowest BCUT2D eigenvalue weighted by Gasteiger charge is -2.18. The number of hydrogen-bond donors (Lipinski definition) is 0. The first-order chi connectivity index (χ1) is 12.6. The number of ether oxygens (including phenoxy) is 1. The van der Waals surface area contributed by atoms with Crippen LogP contribution in [0.1, 0.15) is 23.3 Å². The van der Waals surface area contributed by atoms with Gasteiger partial charge < -0.3 is 4.74 Å². The van der Waals surface area contributed by atoms with E-state index in [1.807, 2.05) is 43.3 Å². The van der Waals surface area contributed by atoms with Crippen LogP contribution in [0.5, 0.6) is 0 Å². The van der Waals surface area contributed by atoms with Crippen molar-refractivity contribution in [2.75, 3.05) is 19.5 Å². The number of hydrogen-bond acceptors (Lipinski definition) is 5. The highest BCUT2D eigenvalue weighted by Crippen LogP contribution is 2.22. The van der Waals surface area contributed by atoms with Crippen LogP contribution >= 0.6 is 11.8 Å². The topological polar surface area (TPSA) is 61.2 Å². The second-order valence-electron chi connectivity index (χ2n) is 5.97. The molecule has 26 heavy (non-hydrogen) atoms. The molecule has 0 amide bonds. The Hall–Kier alpha value is -2.44. The molecule has 0 N–H and O–H groups in total. The van der Waals surface area contributed by atoms with Crippen molar-refractivity contribution in [2.45, 2.75) is 18.1 Å². The number of aromatic nitrogens is 2. The number of carbonyl (C=O) groups is 1. The summed E-state index contributed by atoms with van der Waals surface area (Å²) in [5.74, 6) is 0.220. The molecule has 1 atom stereocenters. The van der Waals surface area contributed by atoms with E-state index < -0.39 is 0 Å². The molecule has 0 spiro atoms. The second kappa shape index (κ2) is 8.29. The van der Waals surface area contributed by atoms with E-state index >= 15 is 0 Å². The SMILES string of the molecule is COC[C@H](C)n1c(SCC(=O)c2ccccc2)nc2ccccc2c1=O. The number of fused-ring (bicyclic) bond motifs is 1. The first-order valence-corrected chi connectivity index (χ1v) is 9.31. The molecule has 0 aliphatic carbocycles. The normalized spacial score (nSPS) is 12.2. The molecular formula is C20H20N2O3S. The van der Waals surface area contributed by atoms with Crippen molar-refractivity contribution in [3.05, 3.63) is 70.5 Å². The predicted octanol–water partition coefficient (Wildman–Crippen LogP) is 3.58. The zero-order chi connectivity index (χ0) is 18.5. The number of carbonyl (C=O) groups excluding carboxylic acids is 1. The average molecular weight is 368 g/mol. The van der Waals surface area contributed by atoms with Crippen LogP contribution in [0, 0.1) is 0 Å². The fourth-order valence-corrected chi connectivity index (χ4v) is 3.76. The Labute approximate surface area is 156 Å². The highest BCUT2D eigenvalue weighted by molar-refractivity contribution is 7.99. The van der Waals surface area contributed by atoms with Crippen LogP contribution in [0.4, 0.5) is 0 Å². The van der Waals surface area contributed by atoms with Crippen molar-refractivity contribution in [3.63, 3.8) is 0 Å². The molecule has 5 nitrogen and oxygen atoms in total. The Bertz CT molecular complexity index is 970. The monoisotopic (exact) mass is 368 g/mol. The molecule has 0 radical (unpaired) electrons. The van der Waals surface area contributed by atoms with E-state index in [-0.39, 0.29) is 23.1 Å². The summed E-state index contributed by atoms with van der Waals surface area (Å²) in [5, 5.41) is 1.09. The summed E-state index contributed by atoms with van der Waals surface area (Å²) in [5.41, 5.74) is 1.17. The van der Waals surface area contributed by atoms with Gasteiger partial charge in [-0.2, -0.15) is 0 Å². The van der Waals surface area contributed by atoms with Gasteiger partial charge in [0.1, 0.15) is 0 Å². The third kappa shape index (κ3) is 3.86. The molecule has 0 saturated carbocycles. The Balaban J connectivity index is 1.96. The number of methoxy groups -OCH3 is 1. The number of ketones is 1. The van der Waals surface area contributed by atoms with Crippen molar-refractivity contribution in [1.82, 2.24) is 9.55 Å². The molecule has 3 aromatic rings. The van der Waals surface area contributed by atoms with E-state index in [0.29, 0.717) is 28.2 Å². The molecular weight excluding hydrogens is 348 g/mol. The van der Waals surface area contributed by atoms with Crippen molar-refractivity contribution in [1.29, 1.82) is 0 Å². The summed E-state index contributed by atoms with van der Waals surface area (Å²) >= 11 is 1.28. The Morgan fingerprint density at radius 1 is 1.15 bits per heavy atom. The minimum atomic E-state index is -0.182. The van der Waals surface area contributed by atoms with Crippen molar-refractivity contribution in [3.8, 4) is 0 Å². The summed E-state index contributed by atoms with van der Waals surface area (Å²) in [6.07, 6.45) is 0. The number of nitrogens with zero attached hydrogens (tertiary/aromatic N) is 2. The lowest BCUT2D eigenvalue weighted by molar-refractivity contribution is 0.102. The molecule has 0 fully saturated rings. The Morgan fingerprint density at radius 3 is 2.58 bits per heavy atom. The molecule has 1 aromatic heterocycles. The average Bonchev–Trinajstić information content (AvgIpc) is 2.67. The molecule has 3 rings (SSSR count). The van der Waals surface area contributed by atoms with Gasteiger partial charge in [-0.15, -0.1) is 0 Å². The standard InChI is InChI=1S/C20H20N2O3S/c1-14(12-25-2)22-19(24)16-10-6-7-11-17(16)21-20(22)26-13-18(23)15-8-4-3-5-9-15/h3-11,14H,12-13H2,1-2H3/t14-/m0/s1. The van der Waals surface area contributed by atoms with E-state index in [0.717, 1.165) is 0 Å². The highest BCUT2D eigenvalue weighted by Gasteiger charge is 2.17. The molecule has 2 aromatic carbocycles. The third-order valence-corrected chi connectivity index (χ3v) is 5.00. The summed E-state index contributed by atoms with van der Waals surface area (Å²) in [4.78, 5) is 30.0. The van der Waals surface area contributed by atoms with Gasteiger partial charge in [0.05, 0.1) is 29.3 Å². The molecule has 134 valence electrons. The first kappa shape index (κ1) is 18.4. The van der Waals surface area contributed by atoms with Gasteiger partial charge in [0.15, 0.2) is 10.9 Å². The van der Waals surface area contributed by atoms with Crippen LogP contribution in [0.2, 0.25) is 0 Å². The zero-order valence-electron chi connectivity index (χ0n) is 14.7. The summed E-state index contributed by atoms with van der Waals surface area (Å²) in [6.45, 7) is 2.30. The number of thioether (sulfide) groups is 1. The van der Waals surface area contributed by atoms with E-state index in [1.165, 1.54) is 11.8 Å². The van der Waals surface area contributed by atoms with Crippen molar-refractivity contribution in [2.24, 2.45) is 0 Å². The maximum atomic E-state index is 12.9. The van der Waals surface area contributed by atoms with Gasteiger partial charge >= 0.3 is 0 Å². The minimum Gasteiger partial charge on any atom is -0.383 e. The lowest BCUT2D eigenvalue weighted by Crippen LogP contribution is -2.28. The van der Waals surface area contributed by atoms with Gasteiger partial charge in [-0.05, 0) is 19.1 Å². The molecule has 0 unspecified atom stereocenters. The molecule has 6 heteroatoms. The van der Waals surface area contributed by atoms with E-state index in [1.54, 1.807) is 29.9 Å². The number of para-hydroxylation sites is 1. The largest absolute Gasteiger partial charge is 0.383 e. The van der Waals surface area contributed by atoms with Gasteiger partial charge in [0.25, 0.3) is 5.56 Å². The van der Waals surface area contributed by atoms with E-state index in [4.69, 9.17) is 4.74 Å². The van der Waals surface area contributed by atoms with E-state index in [9.17, 15) is 9.59 Å². The Morgan fingerprint density at radius 2 is 1.85 bits per heavy atom. The van der Waals surface area contributed by atoms with Crippen LogP contribution in [0.15, 0.2) is 64.5 Å². The van der Waals surface area contributed by atoms with Gasteiger partial charge in [-0.3, -0.25) is 14.2 Å². The van der Waals surface area contributed by atoms with Crippen molar-refractivity contribution >= 4 is 28.4 Å². The van der Waals surface area contributed by atoms with Gasteiger partial charge in [-0.1, -0.05) is 54.2 Å². The van der Waals surface area contributed by atoms with E-state index in [2.05, 4.69) is 4.98 Å². The molecule has 1 heterocycles. The smallest absolute Gasteiger partial charge is 0.262 e. The predicted molar refractivity (Wildman–Crippen MR) is 104 cm³/mol. The van der Waals surface area contributed by atoms with Crippen molar-refractivity contribution < 1.29 is 9.53 Å². The molecule has 0 saturated heterocycles. The molecule has 0 aliphatic heterocycles. The fourth-order valence-electron chi connectivity index (χ4n) is 2.77. The number of Topliss-reactive ketones (excluding diaryl/α,β-unsaturated/α-hetero) is 1. The van der Waals surface area contributed by atoms with Gasteiger partial charge in [0.2, 0.25) is 0 Å². The lowest BCUT2D eigenvalue weighted by atomic mass is 10.2. The third-order valence-electron chi connectivity index (χ3n) is 4.05. The molecule has 0 bridgehead atoms. The number of rotatable bonds is 7. The fraction of sp³-hybridized carbons (Fsp3) is 0.250. The second-order valence-corrected chi connectivity index (χ2v) is 6.91. The maximum Gasteiger partial charge on any atom is 0.262 e. The summed E-state index contributed by atoms with van der Waals surface area (Å²) in [7, 11) is 1.60. The van der Waals surface area contributed by atoms with Crippen LogP contribution in [0.25, 0.3) is 10.9 Å². The maximum absolute atomic E-state index is 12.9. The highest BCUT2D eigenvalue weighted by atomic mass is 32.2. The van der Waals surface area contributed by atoms with Crippen LogP contribution in [0.3, 0.4) is 0 Å². The summed E-state index contributed by atoms with van der Waals surface area (Å²) < 4.78 is 6.83. The zero-order valence-corrected chi connectivity index (χ0v) is 15.5. The Kier molecular flexibility index (Phi) is 5.85. The number of benzene rings is 2. The minimum absolute atomic E-state index is 0.00366. The van der Waals surface area contributed by atoms with Crippen LogP contribution in [-0.4, -0.2) is 34.8 Å². The van der Waals surface area contributed by atoms with Gasteiger partial charge in [-0.25, -0.2) is 4.98 Å². The molecule has 0 aliphatic rings. The summed E-state index contributed by atoms with van der Waals surface area (Å²) in [6, 6.07) is 16.2. The van der Waals surface area contributed by atoms with Gasteiger partial charge in [0, 0.05) is 12.7 Å². The van der Waals surface area contributed by atoms with Crippen LogP contribution in [-0.2, 0) is 4.74 Å².